The van der Waals surface area contributed by atoms with Gasteiger partial charge < -0.3 is 19.1 Å². The molecular formula is C25H21NO6. The average molecular weight is 431 g/mol. The van der Waals surface area contributed by atoms with Gasteiger partial charge in [0, 0.05) is 18.4 Å². The van der Waals surface area contributed by atoms with Crippen LogP contribution >= 0.6 is 0 Å². The third-order valence-electron chi connectivity index (χ3n) is 5.42. The highest BCUT2D eigenvalue weighted by atomic mass is 16.5. The standard InChI is InChI=1S/C25H21NO6/c1-26-20-10-6-4-8-18(20)22(19-9-5-7-11-21(19)26)25(29)32-17-13-15(23(27)30-2)12-16(14-17)24(28)31-3/h4-14,22H,1-3H3. The van der Waals surface area contributed by atoms with Crippen molar-refractivity contribution in [3.8, 4) is 5.75 Å². The zero-order valence-corrected chi connectivity index (χ0v) is 17.8. The Morgan fingerprint density at radius 2 is 1.22 bits per heavy atom. The molecule has 0 aromatic heterocycles. The Morgan fingerprint density at radius 1 is 0.750 bits per heavy atom. The van der Waals surface area contributed by atoms with Crippen LogP contribution in [0.1, 0.15) is 37.8 Å². The fourth-order valence-corrected chi connectivity index (χ4v) is 3.93. The molecule has 3 aromatic carbocycles. The molecule has 0 fully saturated rings. The number of anilines is 2. The third kappa shape index (κ3) is 3.69. The number of rotatable bonds is 4. The van der Waals surface area contributed by atoms with Crippen LogP contribution in [0.4, 0.5) is 11.4 Å². The highest BCUT2D eigenvalue weighted by Gasteiger charge is 2.35. The van der Waals surface area contributed by atoms with E-state index < -0.39 is 23.8 Å². The van der Waals surface area contributed by atoms with E-state index in [2.05, 4.69) is 0 Å². The third-order valence-corrected chi connectivity index (χ3v) is 5.42. The molecule has 1 aliphatic rings. The van der Waals surface area contributed by atoms with E-state index in [0.717, 1.165) is 22.5 Å². The van der Waals surface area contributed by atoms with Crippen LogP contribution in [0.25, 0.3) is 0 Å². The summed E-state index contributed by atoms with van der Waals surface area (Å²) in [6.45, 7) is 0. The van der Waals surface area contributed by atoms with Crippen LogP contribution in [0.15, 0.2) is 66.7 Å². The highest BCUT2D eigenvalue weighted by molar-refractivity contribution is 5.97. The molecule has 0 bridgehead atoms. The van der Waals surface area contributed by atoms with Gasteiger partial charge in [0.15, 0.2) is 0 Å². The lowest BCUT2D eigenvalue weighted by molar-refractivity contribution is -0.135. The molecule has 4 rings (SSSR count). The van der Waals surface area contributed by atoms with Gasteiger partial charge in [-0.15, -0.1) is 0 Å². The molecule has 32 heavy (non-hydrogen) atoms. The number of carbonyl (C=O) groups excluding carboxylic acids is 3. The van der Waals surface area contributed by atoms with Crippen molar-refractivity contribution in [3.05, 3.63) is 89.0 Å². The Kier molecular flexibility index (Phi) is 5.64. The van der Waals surface area contributed by atoms with Crippen LogP contribution in [0, 0.1) is 0 Å². The molecule has 162 valence electrons. The smallest absolute Gasteiger partial charge is 0.338 e. The Morgan fingerprint density at radius 3 is 1.69 bits per heavy atom. The van der Waals surface area contributed by atoms with Crippen molar-refractivity contribution in [2.75, 3.05) is 26.2 Å². The van der Waals surface area contributed by atoms with E-state index in [-0.39, 0.29) is 16.9 Å². The number of methoxy groups -OCH3 is 2. The second-order valence-corrected chi connectivity index (χ2v) is 7.26. The number of ether oxygens (including phenoxy) is 3. The lowest BCUT2D eigenvalue weighted by Gasteiger charge is -2.34. The minimum absolute atomic E-state index is 0.0483. The van der Waals surface area contributed by atoms with E-state index in [4.69, 9.17) is 14.2 Å². The summed E-state index contributed by atoms with van der Waals surface area (Å²) in [4.78, 5) is 39.6. The predicted octanol–water partition coefficient (Wildman–Crippen LogP) is 4.08. The van der Waals surface area contributed by atoms with Crippen molar-refractivity contribution in [3.63, 3.8) is 0 Å². The van der Waals surface area contributed by atoms with Gasteiger partial charge in [0.05, 0.1) is 25.3 Å². The maximum atomic E-state index is 13.4. The minimum atomic E-state index is -0.679. The zero-order valence-electron chi connectivity index (χ0n) is 17.8. The molecule has 0 atom stereocenters. The number of hydrogen-bond acceptors (Lipinski definition) is 7. The summed E-state index contributed by atoms with van der Waals surface area (Å²) in [6, 6.07) is 19.3. The van der Waals surface area contributed by atoms with Crippen LogP contribution in [-0.2, 0) is 14.3 Å². The van der Waals surface area contributed by atoms with Crippen molar-refractivity contribution >= 4 is 29.3 Å². The van der Waals surface area contributed by atoms with Crippen molar-refractivity contribution < 1.29 is 28.6 Å². The van der Waals surface area contributed by atoms with Gasteiger partial charge in [0.25, 0.3) is 0 Å². The Labute approximate surface area is 185 Å². The molecule has 0 aliphatic carbocycles. The molecule has 0 saturated carbocycles. The molecule has 0 unspecified atom stereocenters. The van der Waals surface area contributed by atoms with Crippen LogP contribution < -0.4 is 9.64 Å². The van der Waals surface area contributed by atoms with Crippen LogP contribution in [-0.4, -0.2) is 39.2 Å². The largest absolute Gasteiger partial charge is 0.465 e. The van der Waals surface area contributed by atoms with E-state index in [9.17, 15) is 14.4 Å². The van der Waals surface area contributed by atoms with Gasteiger partial charge in [-0.3, -0.25) is 4.79 Å². The molecule has 7 nitrogen and oxygen atoms in total. The van der Waals surface area contributed by atoms with Crippen molar-refractivity contribution in [2.45, 2.75) is 5.92 Å². The number of nitrogens with zero attached hydrogens (tertiary/aromatic N) is 1. The van der Waals surface area contributed by atoms with Gasteiger partial charge in [-0.05, 0) is 41.5 Å². The fourth-order valence-electron chi connectivity index (χ4n) is 3.93. The van der Waals surface area contributed by atoms with Crippen molar-refractivity contribution in [2.24, 2.45) is 0 Å². The van der Waals surface area contributed by atoms with E-state index in [1.165, 1.54) is 32.4 Å². The first-order valence-corrected chi connectivity index (χ1v) is 9.89. The maximum Gasteiger partial charge on any atom is 0.338 e. The van der Waals surface area contributed by atoms with Gasteiger partial charge in [-0.1, -0.05) is 36.4 Å². The first-order chi connectivity index (χ1) is 15.4. The highest BCUT2D eigenvalue weighted by Crippen LogP contribution is 2.45. The zero-order chi connectivity index (χ0) is 22.8. The van der Waals surface area contributed by atoms with E-state index >= 15 is 0 Å². The van der Waals surface area contributed by atoms with Crippen LogP contribution in [0.5, 0.6) is 5.75 Å². The molecular weight excluding hydrogens is 410 g/mol. The Hall–Kier alpha value is -4.13. The summed E-state index contributed by atoms with van der Waals surface area (Å²) < 4.78 is 15.2. The van der Waals surface area contributed by atoms with E-state index in [1.54, 1.807) is 0 Å². The topological polar surface area (TPSA) is 82.1 Å². The second-order valence-electron chi connectivity index (χ2n) is 7.26. The van der Waals surface area contributed by atoms with E-state index in [1.807, 2.05) is 60.5 Å². The maximum absolute atomic E-state index is 13.4. The molecule has 0 N–H and O–H groups in total. The molecule has 1 aliphatic heterocycles. The number of para-hydroxylation sites is 2. The number of hydrogen-bond donors (Lipinski definition) is 0. The summed E-state index contributed by atoms with van der Waals surface area (Å²) >= 11 is 0. The number of carbonyl (C=O) groups is 3. The van der Waals surface area contributed by atoms with Gasteiger partial charge in [-0.2, -0.15) is 0 Å². The van der Waals surface area contributed by atoms with Gasteiger partial charge >= 0.3 is 17.9 Å². The lowest BCUT2D eigenvalue weighted by atomic mass is 9.85. The van der Waals surface area contributed by atoms with Crippen LogP contribution in [0.2, 0.25) is 0 Å². The van der Waals surface area contributed by atoms with Crippen LogP contribution in [0.3, 0.4) is 0 Å². The van der Waals surface area contributed by atoms with Crippen molar-refractivity contribution in [1.29, 1.82) is 0 Å². The molecule has 0 radical (unpaired) electrons. The minimum Gasteiger partial charge on any atom is -0.465 e. The quantitative estimate of drug-likeness (QED) is 0.455. The van der Waals surface area contributed by atoms with Crippen molar-refractivity contribution in [1.82, 2.24) is 0 Å². The molecule has 1 heterocycles. The summed E-state index contributed by atoms with van der Waals surface area (Å²) in [5.74, 6) is -2.49. The summed E-state index contributed by atoms with van der Waals surface area (Å²) in [6.07, 6.45) is 0. The molecule has 0 spiro atoms. The molecule has 0 saturated heterocycles. The fraction of sp³-hybridized carbons (Fsp3) is 0.160. The molecule has 7 heteroatoms. The monoisotopic (exact) mass is 431 g/mol. The molecule has 0 amide bonds. The van der Waals surface area contributed by atoms with Gasteiger partial charge in [-0.25, -0.2) is 9.59 Å². The summed E-state index contributed by atoms with van der Waals surface area (Å²) in [5, 5.41) is 0. The van der Waals surface area contributed by atoms with Gasteiger partial charge in [0.2, 0.25) is 0 Å². The predicted molar refractivity (Wildman–Crippen MR) is 118 cm³/mol. The second kappa shape index (κ2) is 8.55. The number of esters is 3. The summed E-state index contributed by atoms with van der Waals surface area (Å²) in [5.41, 5.74) is 3.54. The Balaban J connectivity index is 1.76. The SMILES string of the molecule is COC(=O)c1cc(OC(=O)C2c3ccccc3N(C)c3ccccc32)cc(C(=O)OC)c1. The number of benzene rings is 3. The number of fused-ring (bicyclic) bond motifs is 2. The Bertz CT molecular complexity index is 1140. The van der Waals surface area contributed by atoms with E-state index in [0.29, 0.717) is 0 Å². The summed E-state index contributed by atoms with van der Waals surface area (Å²) in [7, 11) is 4.40. The first-order valence-electron chi connectivity index (χ1n) is 9.89. The normalized spacial score (nSPS) is 12.4. The molecule has 3 aromatic rings. The lowest BCUT2D eigenvalue weighted by Crippen LogP contribution is -2.28. The average Bonchev–Trinajstić information content (AvgIpc) is 2.83. The first kappa shape index (κ1) is 21.1. The van der Waals surface area contributed by atoms with Gasteiger partial charge in [0.1, 0.15) is 11.7 Å².